The molecule has 0 heterocycles. The Hall–Kier alpha value is -0.690. The molecule has 0 aliphatic heterocycles. The van der Waals surface area contributed by atoms with Gasteiger partial charge in [0.25, 0.3) is 0 Å². The molecule has 19 heavy (non-hydrogen) atoms. The van der Waals surface area contributed by atoms with Crippen LogP contribution in [0.1, 0.15) is 16.0 Å². The van der Waals surface area contributed by atoms with Crippen molar-refractivity contribution >= 4 is 38.5 Å². The van der Waals surface area contributed by atoms with Gasteiger partial charge < -0.3 is 4.74 Å². The molecular weight excluding hydrogens is 429 g/mol. The summed E-state index contributed by atoms with van der Waals surface area (Å²) in [6, 6.07) is 9.82. The summed E-state index contributed by atoms with van der Waals surface area (Å²) < 4.78 is 33.8. The van der Waals surface area contributed by atoms with Crippen molar-refractivity contribution in [2.45, 2.75) is 4.83 Å². The largest absolute Gasteiger partial charge is 0.497 e. The van der Waals surface area contributed by atoms with Crippen LogP contribution in [0.25, 0.3) is 0 Å². The first kappa shape index (κ1) is 14.7. The van der Waals surface area contributed by atoms with Crippen LogP contribution < -0.4 is 4.74 Å². The van der Waals surface area contributed by atoms with Crippen LogP contribution in [0.2, 0.25) is 0 Å². The van der Waals surface area contributed by atoms with Gasteiger partial charge in [0.1, 0.15) is 17.4 Å². The zero-order chi connectivity index (χ0) is 14.0. The number of alkyl halides is 1. The Balaban J connectivity index is 2.50. The molecule has 0 spiro atoms. The van der Waals surface area contributed by atoms with Crippen molar-refractivity contribution in [3.05, 3.63) is 62.7 Å². The molecule has 2 aromatic rings. The quantitative estimate of drug-likeness (QED) is 0.480. The number of halogens is 4. The van der Waals surface area contributed by atoms with Gasteiger partial charge in [-0.25, -0.2) is 8.78 Å². The summed E-state index contributed by atoms with van der Waals surface area (Å²) in [6.07, 6.45) is 0. The number of hydrogen-bond donors (Lipinski definition) is 0. The highest BCUT2D eigenvalue weighted by molar-refractivity contribution is 14.1. The average molecular weight is 439 g/mol. The number of ether oxygens (including phenoxy) is 1. The van der Waals surface area contributed by atoms with Crippen LogP contribution in [-0.4, -0.2) is 7.11 Å². The molecule has 1 nitrogen and oxygen atoms in total. The first-order valence-corrected chi connectivity index (χ1v) is 7.45. The molecular formula is C14H10BrF2IO. The monoisotopic (exact) mass is 438 g/mol. The second-order valence-corrected chi connectivity index (χ2v) is 5.97. The molecule has 0 N–H and O–H groups in total. The molecule has 0 bridgehead atoms. The summed E-state index contributed by atoms with van der Waals surface area (Å²) in [7, 11) is 1.37. The molecule has 0 radical (unpaired) electrons. The van der Waals surface area contributed by atoms with E-state index >= 15 is 0 Å². The van der Waals surface area contributed by atoms with Crippen LogP contribution in [0, 0.1) is 15.2 Å². The molecule has 1 atom stereocenters. The normalized spacial score (nSPS) is 12.3. The van der Waals surface area contributed by atoms with Crippen molar-refractivity contribution in [1.82, 2.24) is 0 Å². The Morgan fingerprint density at radius 2 is 1.74 bits per heavy atom. The van der Waals surface area contributed by atoms with E-state index in [1.165, 1.54) is 19.2 Å². The van der Waals surface area contributed by atoms with Crippen LogP contribution in [0.4, 0.5) is 8.78 Å². The van der Waals surface area contributed by atoms with E-state index in [0.717, 1.165) is 9.13 Å². The summed E-state index contributed by atoms with van der Waals surface area (Å²) in [5.41, 5.74) is 0.816. The minimum Gasteiger partial charge on any atom is -0.497 e. The van der Waals surface area contributed by atoms with Gasteiger partial charge in [-0.15, -0.1) is 0 Å². The van der Waals surface area contributed by atoms with Crippen LogP contribution >= 0.6 is 38.5 Å². The molecule has 0 saturated heterocycles. The fourth-order valence-electron chi connectivity index (χ4n) is 1.76. The Kier molecular flexibility index (Phi) is 4.78. The van der Waals surface area contributed by atoms with Gasteiger partial charge in [-0.3, -0.25) is 0 Å². The number of benzene rings is 2. The lowest BCUT2D eigenvalue weighted by atomic mass is 10.0. The minimum atomic E-state index is -0.627. The van der Waals surface area contributed by atoms with Crippen LogP contribution in [-0.2, 0) is 0 Å². The molecule has 0 aliphatic carbocycles. The second-order valence-electron chi connectivity index (χ2n) is 3.89. The van der Waals surface area contributed by atoms with Crippen LogP contribution in [0.3, 0.4) is 0 Å². The van der Waals surface area contributed by atoms with E-state index < -0.39 is 16.5 Å². The second kappa shape index (κ2) is 6.17. The first-order chi connectivity index (χ1) is 9.04. The van der Waals surface area contributed by atoms with Gasteiger partial charge >= 0.3 is 0 Å². The predicted molar refractivity (Wildman–Crippen MR) is 82.8 cm³/mol. The highest BCUT2D eigenvalue weighted by Gasteiger charge is 2.22. The lowest BCUT2D eigenvalue weighted by Gasteiger charge is -2.15. The topological polar surface area (TPSA) is 9.23 Å². The highest BCUT2D eigenvalue weighted by Crippen LogP contribution is 2.37. The summed E-state index contributed by atoms with van der Waals surface area (Å²) in [4.78, 5) is -0.536. The van der Waals surface area contributed by atoms with Crippen molar-refractivity contribution in [1.29, 1.82) is 0 Å². The van der Waals surface area contributed by atoms with Crippen LogP contribution in [0.15, 0.2) is 36.4 Å². The van der Waals surface area contributed by atoms with Crippen molar-refractivity contribution in [2.24, 2.45) is 0 Å². The third-order valence-electron chi connectivity index (χ3n) is 2.72. The highest BCUT2D eigenvalue weighted by atomic mass is 127. The summed E-state index contributed by atoms with van der Waals surface area (Å²) in [6.45, 7) is 0. The summed E-state index contributed by atoms with van der Waals surface area (Å²) >= 11 is 5.51. The standard InChI is InChI=1S/C14H10BrF2IO/c1-19-8-6-10(16)13(11(17)7-8)14(15)9-4-2-3-5-12(9)18/h2-7,14H,1H3. The lowest BCUT2D eigenvalue weighted by molar-refractivity contribution is 0.405. The Bertz CT molecular complexity index is 581. The zero-order valence-corrected chi connectivity index (χ0v) is 13.7. The molecule has 0 aromatic heterocycles. The fraction of sp³-hybridized carbons (Fsp3) is 0.143. The maximum absolute atomic E-state index is 14.0. The molecule has 0 amide bonds. The van der Waals surface area contributed by atoms with E-state index in [4.69, 9.17) is 4.74 Å². The van der Waals surface area contributed by atoms with Gasteiger partial charge in [-0.1, -0.05) is 34.1 Å². The maximum Gasteiger partial charge on any atom is 0.134 e. The molecule has 2 aromatic carbocycles. The van der Waals surface area contributed by atoms with Crippen molar-refractivity contribution in [2.75, 3.05) is 7.11 Å². The smallest absolute Gasteiger partial charge is 0.134 e. The lowest BCUT2D eigenvalue weighted by Crippen LogP contribution is -2.03. The SMILES string of the molecule is COc1cc(F)c(C(Br)c2ccccc2I)c(F)c1. The van der Waals surface area contributed by atoms with Crippen molar-refractivity contribution < 1.29 is 13.5 Å². The molecule has 2 rings (SSSR count). The van der Waals surface area contributed by atoms with E-state index in [0.29, 0.717) is 0 Å². The van der Waals surface area contributed by atoms with Gasteiger partial charge in [0, 0.05) is 21.3 Å². The van der Waals surface area contributed by atoms with Crippen molar-refractivity contribution in [3.63, 3.8) is 0 Å². The molecule has 5 heteroatoms. The Morgan fingerprint density at radius 3 is 2.26 bits per heavy atom. The Labute approximate surface area is 132 Å². The maximum atomic E-state index is 14.0. The van der Waals surface area contributed by atoms with E-state index in [1.807, 2.05) is 24.3 Å². The minimum absolute atomic E-state index is 0.00934. The van der Waals surface area contributed by atoms with Gasteiger partial charge in [-0.2, -0.15) is 0 Å². The first-order valence-electron chi connectivity index (χ1n) is 5.46. The van der Waals surface area contributed by atoms with Gasteiger partial charge in [0.2, 0.25) is 0 Å². The third-order valence-corrected chi connectivity index (χ3v) is 4.65. The molecule has 0 fully saturated rings. The molecule has 100 valence electrons. The zero-order valence-electron chi connectivity index (χ0n) is 9.96. The van der Waals surface area contributed by atoms with Gasteiger partial charge in [0.15, 0.2) is 0 Å². The van der Waals surface area contributed by atoms with Crippen molar-refractivity contribution in [3.8, 4) is 5.75 Å². The molecule has 0 saturated carbocycles. The molecule has 1 unspecified atom stereocenters. The number of rotatable bonds is 3. The van der Waals surface area contributed by atoms with Gasteiger partial charge in [-0.05, 0) is 34.2 Å². The summed E-state index contributed by atoms with van der Waals surface area (Å²) in [5, 5.41) is 0. The average Bonchev–Trinajstić information content (AvgIpc) is 2.38. The summed E-state index contributed by atoms with van der Waals surface area (Å²) in [5.74, 6) is -1.09. The predicted octanol–water partition coefficient (Wildman–Crippen LogP) is 5.06. The molecule has 0 aliphatic rings. The van der Waals surface area contributed by atoms with E-state index in [1.54, 1.807) is 0 Å². The van der Waals surface area contributed by atoms with E-state index in [2.05, 4.69) is 38.5 Å². The number of hydrogen-bond acceptors (Lipinski definition) is 1. The van der Waals surface area contributed by atoms with Crippen LogP contribution in [0.5, 0.6) is 5.75 Å². The van der Waals surface area contributed by atoms with E-state index in [-0.39, 0.29) is 11.3 Å². The number of methoxy groups -OCH3 is 1. The Morgan fingerprint density at radius 1 is 1.16 bits per heavy atom. The van der Waals surface area contributed by atoms with Gasteiger partial charge in [0.05, 0.1) is 11.9 Å². The third kappa shape index (κ3) is 3.08. The van der Waals surface area contributed by atoms with E-state index in [9.17, 15) is 8.78 Å². The fourth-order valence-corrected chi connectivity index (χ4v) is 3.72.